The van der Waals surface area contributed by atoms with Crippen molar-refractivity contribution in [2.45, 2.75) is 39.3 Å². The SMILES string of the molecule is CCCNC(CN(C)C(C)C)C(N)=O. The van der Waals surface area contributed by atoms with E-state index in [1.165, 1.54) is 0 Å². The lowest BCUT2D eigenvalue weighted by atomic mass is 10.2. The minimum atomic E-state index is -0.272. The molecule has 4 nitrogen and oxygen atoms in total. The van der Waals surface area contributed by atoms with Crippen molar-refractivity contribution >= 4 is 5.91 Å². The van der Waals surface area contributed by atoms with Crippen LogP contribution in [0.4, 0.5) is 0 Å². The summed E-state index contributed by atoms with van der Waals surface area (Å²) in [6.07, 6.45) is 1.01. The molecule has 0 heterocycles. The number of carbonyl (C=O) groups excluding carboxylic acids is 1. The van der Waals surface area contributed by atoms with Gasteiger partial charge in [0.05, 0.1) is 6.04 Å². The molecule has 1 atom stereocenters. The Kier molecular flexibility index (Phi) is 6.49. The molecular formula is C10H23N3O. The zero-order chi connectivity index (χ0) is 11.1. The van der Waals surface area contributed by atoms with Crippen LogP contribution in [-0.4, -0.2) is 43.0 Å². The van der Waals surface area contributed by atoms with Gasteiger partial charge in [0.25, 0.3) is 0 Å². The second-order valence-electron chi connectivity index (χ2n) is 3.94. The third kappa shape index (κ3) is 5.19. The number of amides is 1. The number of carbonyl (C=O) groups is 1. The van der Waals surface area contributed by atoms with Gasteiger partial charge in [0.2, 0.25) is 5.91 Å². The standard InChI is InChI=1S/C10H23N3O/c1-5-6-12-9(10(11)14)7-13(4)8(2)3/h8-9,12H,5-7H2,1-4H3,(H2,11,14). The summed E-state index contributed by atoms with van der Waals surface area (Å²) in [5.41, 5.74) is 5.30. The van der Waals surface area contributed by atoms with Crippen LogP contribution < -0.4 is 11.1 Å². The smallest absolute Gasteiger partial charge is 0.235 e. The average Bonchev–Trinajstić information content (AvgIpc) is 2.10. The molecule has 3 N–H and O–H groups in total. The Hall–Kier alpha value is -0.610. The lowest BCUT2D eigenvalue weighted by molar-refractivity contribution is -0.120. The molecule has 0 aromatic heterocycles. The molecular weight excluding hydrogens is 178 g/mol. The first-order valence-electron chi connectivity index (χ1n) is 5.22. The fourth-order valence-corrected chi connectivity index (χ4v) is 1.07. The Balaban J connectivity index is 4.02. The molecule has 0 aromatic carbocycles. The van der Waals surface area contributed by atoms with Crippen LogP contribution in [0.5, 0.6) is 0 Å². The van der Waals surface area contributed by atoms with Crippen LogP contribution in [0.2, 0.25) is 0 Å². The lowest BCUT2D eigenvalue weighted by Crippen LogP contribution is -2.49. The Labute approximate surface area is 86.8 Å². The van der Waals surface area contributed by atoms with Gasteiger partial charge in [-0.2, -0.15) is 0 Å². The number of hydrogen-bond donors (Lipinski definition) is 2. The summed E-state index contributed by atoms with van der Waals surface area (Å²) in [4.78, 5) is 13.2. The summed E-state index contributed by atoms with van der Waals surface area (Å²) in [6.45, 7) is 7.76. The van der Waals surface area contributed by atoms with Crippen LogP contribution in [-0.2, 0) is 4.79 Å². The molecule has 1 amide bonds. The predicted octanol–water partition coefficient (Wildman–Crippen LogP) is 0.180. The number of likely N-dealkylation sites (N-methyl/N-ethyl adjacent to an activating group) is 1. The molecule has 0 aliphatic carbocycles. The molecule has 0 rings (SSSR count). The number of nitrogens with two attached hydrogens (primary N) is 1. The van der Waals surface area contributed by atoms with Gasteiger partial charge in [0.15, 0.2) is 0 Å². The van der Waals surface area contributed by atoms with E-state index in [4.69, 9.17) is 5.73 Å². The second kappa shape index (κ2) is 6.79. The van der Waals surface area contributed by atoms with E-state index in [0.717, 1.165) is 13.0 Å². The van der Waals surface area contributed by atoms with E-state index in [-0.39, 0.29) is 11.9 Å². The molecule has 0 fully saturated rings. The third-order valence-corrected chi connectivity index (χ3v) is 2.34. The summed E-state index contributed by atoms with van der Waals surface area (Å²) in [7, 11) is 1.99. The van der Waals surface area contributed by atoms with E-state index >= 15 is 0 Å². The number of nitrogens with one attached hydrogen (secondary N) is 1. The first-order valence-corrected chi connectivity index (χ1v) is 5.22. The maximum atomic E-state index is 11.1. The van der Waals surface area contributed by atoms with Gasteiger partial charge in [-0.3, -0.25) is 4.79 Å². The summed E-state index contributed by atoms with van der Waals surface area (Å²) in [5.74, 6) is -0.272. The fraction of sp³-hybridized carbons (Fsp3) is 0.900. The highest BCUT2D eigenvalue weighted by atomic mass is 16.1. The summed E-state index contributed by atoms with van der Waals surface area (Å²) in [6, 6.07) is 0.197. The van der Waals surface area contributed by atoms with Crippen molar-refractivity contribution < 1.29 is 4.79 Å². The topological polar surface area (TPSA) is 58.4 Å². The van der Waals surface area contributed by atoms with E-state index in [9.17, 15) is 4.79 Å². The Bertz CT molecular complexity index is 171. The van der Waals surface area contributed by atoms with Crippen molar-refractivity contribution in [1.29, 1.82) is 0 Å². The number of nitrogens with zero attached hydrogens (tertiary/aromatic N) is 1. The minimum Gasteiger partial charge on any atom is -0.368 e. The first-order chi connectivity index (χ1) is 6.49. The quantitative estimate of drug-likeness (QED) is 0.618. The van der Waals surface area contributed by atoms with Gasteiger partial charge in [0.1, 0.15) is 0 Å². The maximum Gasteiger partial charge on any atom is 0.235 e. The zero-order valence-electron chi connectivity index (χ0n) is 9.71. The Morgan fingerprint density at radius 3 is 2.43 bits per heavy atom. The van der Waals surface area contributed by atoms with E-state index < -0.39 is 0 Å². The van der Waals surface area contributed by atoms with Crippen LogP contribution >= 0.6 is 0 Å². The molecule has 0 saturated carbocycles. The fourth-order valence-electron chi connectivity index (χ4n) is 1.07. The molecule has 0 radical (unpaired) electrons. The summed E-state index contributed by atoms with van der Waals surface area (Å²) in [5, 5.41) is 3.14. The lowest BCUT2D eigenvalue weighted by Gasteiger charge is -2.25. The van der Waals surface area contributed by atoms with Crippen LogP contribution in [0.15, 0.2) is 0 Å². The minimum absolute atomic E-state index is 0.234. The Morgan fingerprint density at radius 1 is 1.50 bits per heavy atom. The van der Waals surface area contributed by atoms with Crippen LogP contribution in [0.25, 0.3) is 0 Å². The summed E-state index contributed by atoms with van der Waals surface area (Å²) >= 11 is 0. The molecule has 0 bridgehead atoms. The van der Waals surface area contributed by atoms with Gasteiger partial charge in [-0.15, -0.1) is 0 Å². The van der Waals surface area contributed by atoms with Crippen LogP contribution in [0, 0.1) is 0 Å². The van der Waals surface area contributed by atoms with Crippen molar-refractivity contribution in [3.05, 3.63) is 0 Å². The van der Waals surface area contributed by atoms with Crippen molar-refractivity contribution in [2.75, 3.05) is 20.1 Å². The van der Waals surface area contributed by atoms with Crippen molar-refractivity contribution in [2.24, 2.45) is 5.73 Å². The second-order valence-corrected chi connectivity index (χ2v) is 3.94. The maximum absolute atomic E-state index is 11.1. The zero-order valence-corrected chi connectivity index (χ0v) is 9.71. The average molecular weight is 201 g/mol. The largest absolute Gasteiger partial charge is 0.368 e. The van der Waals surface area contributed by atoms with E-state index in [0.29, 0.717) is 12.6 Å². The molecule has 14 heavy (non-hydrogen) atoms. The third-order valence-electron chi connectivity index (χ3n) is 2.34. The highest BCUT2D eigenvalue weighted by Crippen LogP contribution is 1.96. The molecule has 0 spiro atoms. The van der Waals surface area contributed by atoms with Gasteiger partial charge >= 0.3 is 0 Å². The number of primary amides is 1. The highest BCUT2D eigenvalue weighted by molar-refractivity contribution is 5.80. The molecule has 0 aromatic rings. The predicted molar refractivity (Wildman–Crippen MR) is 59.0 cm³/mol. The van der Waals surface area contributed by atoms with E-state index in [2.05, 4.69) is 31.0 Å². The van der Waals surface area contributed by atoms with Gasteiger partial charge in [0, 0.05) is 12.6 Å². The monoisotopic (exact) mass is 201 g/mol. The van der Waals surface area contributed by atoms with E-state index in [1.54, 1.807) is 0 Å². The molecule has 0 aliphatic rings. The van der Waals surface area contributed by atoms with Crippen molar-refractivity contribution in [3.63, 3.8) is 0 Å². The van der Waals surface area contributed by atoms with Crippen molar-refractivity contribution in [3.8, 4) is 0 Å². The molecule has 84 valence electrons. The highest BCUT2D eigenvalue weighted by Gasteiger charge is 2.17. The number of hydrogen-bond acceptors (Lipinski definition) is 3. The van der Waals surface area contributed by atoms with Gasteiger partial charge in [-0.1, -0.05) is 6.92 Å². The summed E-state index contributed by atoms with van der Waals surface area (Å²) < 4.78 is 0. The normalized spacial score (nSPS) is 13.6. The van der Waals surface area contributed by atoms with Gasteiger partial charge in [-0.05, 0) is 33.9 Å². The molecule has 0 saturated heterocycles. The van der Waals surface area contributed by atoms with Crippen LogP contribution in [0.1, 0.15) is 27.2 Å². The Morgan fingerprint density at radius 2 is 2.07 bits per heavy atom. The van der Waals surface area contributed by atoms with Crippen molar-refractivity contribution in [1.82, 2.24) is 10.2 Å². The van der Waals surface area contributed by atoms with Gasteiger partial charge < -0.3 is 16.0 Å². The molecule has 0 aliphatic heterocycles. The number of rotatable bonds is 7. The molecule has 1 unspecified atom stereocenters. The van der Waals surface area contributed by atoms with E-state index in [1.807, 2.05) is 7.05 Å². The van der Waals surface area contributed by atoms with Gasteiger partial charge in [-0.25, -0.2) is 0 Å². The molecule has 4 heteroatoms. The first kappa shape index (κ1) is 13.4. The van der Waals surface area contributed by atoms with Crippen LogP contribution in [0.3, 0.4) is 0 Å².